The van der Waals surface area contributed by atoms with Crippen LogP contribution < -0.4 is 68.5 Å². The largest absolute Gasteiger partial charge is 0.497 e. The summed E-state index contributed by atoms with van der Waals surface area (Å²) in [5, 5.41) is 38.4. The second-order valence-electron chi connectivity index (χ2n) is 23.6. The van der Waals surface area contributed by atoms with Gasteiger partial charge in [0.25, 0.3) is 0 Å². The van der Waals surface area contributed by atoms with Crippen LogP contribution in [0.1, 0.15) is 0 Å². The van der Waals surface area contributed by atoms with Crippen LogP contribution in [0, 0.1) is 0 Å². The van der Waals surface area contributed by atoms with E-state index >= 15 is 0 Å². The van der Waals surface area contributed by atoms with Crippen LogP contribution >= 0.6 is 11.8 Å². The molecular weight excluding hydrogens is 1420 g/mol. The fourth-order valence-electron chi connectivity index (χ4n) is 10.2. The minimum Gasteiger partial charge on any atom is -0.497 e. The van der Waals surface area contributed by atoms with Gasteiger partial charge in [0.2, 0.25) is 71.4 Å². The van der Waals surface area contributed by atoms with E-state index in [1.54, 1.807) is 37.5 Å². The van der Waals surface area contributed by atoms with Crippen molar-refractivity contribution < 1.29 is 4.74 Å². The lowest BCUT2D eigenvalue weighted by atomic mass is 10.3. The number of benzene rings is 10. The van der Waals surface area contributed by atoms with E-state index in [0.29, 0.717) is 77.2 Å². The number of pyridine rings is 2. The minimum absolute atomic E-state index is 0.389. The first-order chi connectivity index (χ1) is 55.3. The van der Waals surface area contributed by atoms with Crippen molar-refractivity contribution in [1.29, 1.82) is 0 Å². The molecule has 12 N–H and O–H groups in total. The van der Waals surface area contributed by atoms with Gasteiger partial charge in [-0.25, -0.2) is 4.98 Å². The van der Waals surface area contributed by atoms with Gasteiger partial charge in [-0.2, -0.15) is 59.8 Å². The van der Waals surface area contributed by atoms with E-state index in [1.165, 1.54) is 0 Å². The molecule has 28 heteroatoms. The predicted molar refractivity (Wildman–Crippen MR) is 450 cm³/mol. The molecule has 0 amide bonds. The van der Waals surface area contributed by atoms with Crippen LogP contribution in [-0.2, 0) is 0 Å². The summed E-state index contributed by atoms with van der Waals surface area (Å²) in [6.07, 6.45) is 7.16. The Hall–Kier alpha value is -15.7. The molecule has 0 radical (unpaired) electrons. The van der Waals surface area contributed by atoms with Crippen molar-refractivity contribution >= 4 is 152 Å². The van der Waals surface area contributed by atoms with Crippen molar-refractivity contribution in [3.8, 4) is 5.75 Å². The molecule has 16 aromatic rings. The van der Waals surface area contributed by atoms with Crippen molar-refractivity contribution in [2.24, 2.45) is 0 Å². The molecule has 0 bridgehead atoms. The summed E-state index contributed by atoms with van der Waals surface area (Å²) in [6.45, 7) is 0. The number of ether oxygens (including phenoxy) is 1. The highest BCUT2D eigenvalue weighted by Crippen LogP contribution is 2.28. The van der Waals surface area contributed by atoms with Crippen molar-refractivity contribution in [3.05, 3.63) is 340 Å². The van der Waals surface area contributed by atoms with E-state index < -0.39 is 0 Å². The SMILES string of the molecule is COc1cccc(Nc2nc(Nc3ccccc3)nc(Nc3ccccc3)n2)c1.CSc1cccc(Nc2nc(Nc3ccccc3)nc(Nc3ccccc3)n2)c1.c1ccc(Nc2nc(Nc3ccccc3)nc(Nc3ccccn3)n2)cc1.c1ccc(Nc2nc(Nc3ccccc3)nc(Nc3ccncc3)n2)cc1. The number of rotatable bonds is 26. The number of thioether (sulfide) groups is 1. The molecule has 0 fully saturated rings. The summed E-state index contributed by atoms with van der Waals surface area (Å²) in [4.78, 5) is 63.2. The quantitative estimate of drug-likeness (QED) is 0.0224. The van der Waals surface area contributed by atoms with Crippen LogP contribution in [0.2, 0.25) is 0 Å². The molecule has 0 unspecified atom stereocenters. The standard InChI is InChI=1S/C22H20N6O.C22H20N6S.2C20H17N7/c2*1-29-19-14-8-13-18(15-19)25-22-27-20(23-16-9-4-2-5-10-16)26-21(28-22)24-17-11-6-3-7-12-17;1-3-9-15(10-4-1)22-18-25-19(23-16-11-5-2-6-12-16)27-20(26-18)24-17-13-7-8-14-21-17;1-3-7-15(8-4-1)22-18-25-19(23-16-9-5-2-6-10-16)27-20(26-18)24-17-11-13-21-14-12-17/h2*2-15H,1H3,(H3,23,24,25,26,27,28);2*1-14H,(H3,21,22,23,24,25,26,27). The number of aromatic nitrogens is 14. The number of hydrogen-bond acceptors (Lipinski definition) is 28. The summed E-state index contributed by atoms with van der Waals surface area (Å²) in [5.74, 6) is 6.55. The molecule has 0 spiro atoms. The Morgan fingerprint density at radius 3 is 0.705 bits per heavy atom. The van der Waals surface area contributed by atoms with Crippen molar-refractivity contribution in [2.75, 3.05) is 77.2 Å². The van der Waals surface area contributed by atoms with E-state index in [4.69, 9.17) is 4.74 Å². The first-order valence-corrected chi connectivity index (χ1v) is 36.3. The second-order valence-corrected chi connectivity index (χ2v) is 24.4. The van der Waals surface area contributed by atoms with Gasteiger partial charge in [-0.15, -0.1) is 11.8 Å². The summed E-state index contributed by atoms with van der Waals surface area (Å²) in [5.41, 5.74) is 9.70. The van der Waals surface area contributed by atoms with Gasteiger partial charge in [-0.05, 0) is 158 Å². The summed E-state index contributed by atoms with van der Waals surface area (Å²) >= 11 is 1.69. The van der Waals surface area contributed by atoms with E-state index in [2.05, 4.69) is 146 Å². The Bertz CT molecular complexity index is 4760. The molecule has 0 aliphatic heterocycles. The van der Waals surface area contributed by atoms with Crippen LogP contribution in [0.3, 0.4) is 0 Å². The summed E-state index contributed by atoms with van der Waals surface area (Å²) in [7, 11) is 1.63. The van der Waals surface area contributed by atoms with Gasteiger partial charge in [0.05, 0.1) is 7.11 Å². The molecule has 0 atom stereocenters. The van der Waals surface area contributed by atoms with E-state index in [1.807, 2.05) is 316 Å². The van der Waals surface area contributed by atoms with Gasteiger partial charge in [0.1, 0.15) is 11.6 Å². The summed E-state index contributed by atoms with van der Waals surface area (Å²) < 4.78 is 5.28. The highest BCUT2D eigenvalue weighted by molar-refractivity contribution is 7.98. The van der Waals surface area contributed by atoms with Gasteiger partial charge < -0.3 is 68.5 Å². The zero-order valence-electron chi connectivity index (χ0n) is 60.4. The van der Waals surface area contributed by atoms with Crippen LogP contribution in [0.25, 0.3) is 0 Å². The maximum Gasteiger partial charge on any atom is 0.235 e. The Labute approximate surface area is 650 Å². The fourth-order valence-corrected chi connectivity index (χ4v) is 10.6. The van der Waals surface area contributed by atoms with Gasteiger partial charge in [0, 0.05) is 92.1 Å². The third-order valence-corrected chi connectivity index (χ3v) is 16.0. The van der Waals surface area contributed by atoms with E-state index in [-0.39, 0.29) is 0 Å². The topological polar surface area (TPSA) is 334 Å². The molecule has 112 heavy (non-hydrogen) atoms. The zero-order chi connectivity index (χ0) is 76.4. The second kappa shape index (κ2) is 39.6. The number of methoxy groups -OCH3 is 1. The molecule has 6 aromatic heterocycles. The molecule has 10 aromatic carbocycles. The predicted octanol–water partition coefficient (Wildman–Crippen LogP) is 19.9. The number of nitrogens with zero attached hydrogens (tertiary/aromatic N) is 14. The maximum absolute atomic E-state index is 5.28. The lowest BCUT2D eigenvalue weighted by molar-refractivity contribution is 0.415. The maximum atomic E-state index is 5.28. The Morgan fingerprint density at radius 1 is 0.214 bits per heavy atom. The number of hydrogen-bond donors (Lipinski definition) is 12. The molecular formula is C84H74N26OS. The van der Waals surface area contributed by atoms with Crippen LogP contribution in [0.5, 0.6) is 5.75 Å². The Balaban J connectivity index is 0.000000131. The molecule has 16 rings (SSSR count). The first kappa shape index (κ1) is 74.6. The molecule has 0 saturated carbocycles. The van der Waals surface area contributed by atoms with Crippen LogP contribution in [0.4, 0.5) is 140 Å². The average molecular weight is 1500 g/mol. The fraction of sp³-hybridized carbons (Fsp3) is 0.0238. The third-order valence-electron chi connectivity index (χ3n) is 15.3. The smallest absolute Gasteiger partial charge is 0.235 e. The number of para-hydroxylation sites is 8. The van der Waals surface area contributed by atoms with Crippen molar-refractivity contribution in [3.63, 3.8) is 0 Å². The zero-order valence-corrected chi connectivity index (χ0v) is 61.2. The van der Waals surface area contributed by atoms with E-state index in [0.717, 1.165) is 73.2 Å². The monoisotopic (exact) mass is 1490 g/mol. The minimum atomic E-state index is 0.389. The van der Waals surface area contributed by atoms with Crippen molar-refractivity contribution in [2.45, 2.75) is 4.90 Å². The van der Waals surface area contributed by atoms with Gasteiger partial charge in [0.15, 0.2) is 0 Å². The van der Waals surface area contributed by atoms with Crippen LogP contribution in [-0.4, -0.2) is 83.1 Å². The van der Waals surface area contributed by atoms with Gasteiger partial charge in [-0.1, -0.05) is 164 Å². The molecule has 0 aliphatic rings. The molecule has 6 heterocycles. The molecule has 0 saturated heterocycles. The van der Waals surface area contributed by atoms with E-state index in [9.17, 15) is 0 Å². The lowest BCUT2D eigenvalue weighted by Gasteiger charge is -2.12. The molecule has 552 valence electrons. The van der Waals surface area contributed by atoms with Crippen LogP contribution in [0.15, 0.2) is 345 Å². The number of nitrogens with one attached hydrogen (secondary N) is 12. The summed E-state index contributed by atoms with van der Waals surface area (Å²) in [6, 6.07) is 103. The molecule has 0 aliphatic carbocycles. The first-order valence-electron chi connectivity index (χ1n) is 35.1. The highest BCUT2D eigenvalue weighted by atomic mass is 32.2. The van der Waals surface area contributed by atoms with Gasteiger partial charge in [-0.3, -0.25) is 4.98 Å². The normalized spacial score (nSPS) is 10.3. The third kappa shape index (κ3) is 24.2. The Morgan fingerprint density at radius 2 is 0.446 bits per heavy atom. The lowest BCUT2D eigenvalue weighted by Crippen LogP contribution is -2.07. The van der Waals surface area contributed by atoms with Gasteiger partial charge >= 0.3 is 0 Å². The molecule has 27 nitrogen and oxygen atoms in total. The Kier molecular flexibility index (Phi) is 26.4. The highest BCUT2D eigenvalue weighted by Gasteiger charge is 2.14. The number of anilines is 24. The van der Waals surface area contributed by atoms with Crippen molar-refractivity contribution in [1.82, 2.24) is 69.8 Å². The average Bonchev–Trinajstić information content (AvgIpc) is 0.858.